The number of ether oxygens (including phenoxy) is 2. The van der Waals surface area contributed by atoms with Crippen LogP contribution in [0.1, 0.15) is 30.1 Å². The fourth-order valence-corrected chi connectivity index (χ4v) is 2.97. The van der Waals surface area contributed by atoms with Gasteiger partial charge < -0.3 is 20.1 Å². The molecular formula is C16H22N2O3. The van der Waals surface area contributed by atoms with Crippen LogP contribution >= 0.6 is 0 Å². The Balaban J connectivity index is 1.70. The molecule has 0 bridgehead atoms. The van der Waals surface area contributed by atoms with Crippen molar-refractivity contribution in [3.8, 4) is 5.75 Å². The monoisotopic (exact) mass is 290 g/mol. The Bertz CT molecular complexity index is 512. The molecule has 2 N–H and O–H groups in total. The highest BCUT2D eigenvalue weighted by atomic mass is 16.5. The molecule has 0 aliphatic carbocycles. The first-order valence-corrected chi connectivity index (χ1v) is 7.64. The average molecular weight is 290 g/mol. The summed E-state index contributed by atoms with van der Waals surface area (Å²) < 4.78 is 11.0. The minimum absolute atomic E-state index is 0.0606. The summed E-state index contributed by atoms with van der Waals surface area (Å²) in [4.78, 5) is 12.5. The third-order valence-corrected chi connectivity index (χ3v) is 4.26. The van der Waals surface area contributed by atoms with Crippen LogP contribution in [0.4, 0.5) is 5.69 Å². The van der Waals surface area contributed by atoms with Crippen molar-refractivity contribution in [2.45, 2.75) is 25.8 Å². The summed E-state index contributed by atoms with van der Waals surface area (Å²) in [6.45, 7) is 5.02. The first-order valence-electron chi connectivity index (χ1n) is 7.64. The highest BCUT2D eigenvalue weighted by molar-refractivity contribution is 5.99. The molecule has 5 nitrogen and oxygen atoms in total. The molecular weight excluding hydrogens is 268 g/mol. The van der Waals surface area contributed by atoms with Gasteiger partial charge in [-0.2, -0.15) is 0 Å². The zero-order valence-corrected chi connectivity index (χ0v) is 12.4. The van der Waals surface area contributed by atoms with E-state index >= 15 is 0 Å². The van der Waals surface area contributed by atoms with Crippen LogP contribution in [-0.4, -0.2) is 38.3 Å². The summed E-state index contributed by atoms with van der Waals surface area (Å²) >= 11 is 0. The Morgan fingerprint density at radius 3 is 2.95 bits per heavy atom. The van der Waals surface area contributed by atoms with Crippen LogP contribution in [0.5, 0.6) is 5.75 Å². The van der Waals surface area contributed by atoms with E-state index in [1.807, 2.05) is 18.2 Å². The van der Waals surface area contributed by atoms with Crippen molar-refractivity contribution in [3.63, 3.8) is 0 Å². The van der Waals surface area contributed by atoms with Gasteiger partial charge in [0.15, 0.2) is 5.75 Å². The molecule has 1 fully saturated rings. The van der Waals surface area contributed by atoms with E-state index in [-0.39, 0.29) is 11.9 Å². The van der Waals surface area contributed by atoms with Crippen LogP contribution in [0.15, 0.2) is 18.2 Å². The van der Waals surface area contributed by atoms with Gasteiger partial charge in [0.1, 0.15) is 6.61 Å². The van der Waals surface area contributed by atoms with Gasteiger partial charge in [0, 0.05) is 25.8 Å². The second kappa shape index (κ2) is 6.35. The Hall–Kier alpha value is -1.75. The number of hydrogen-bond acceptors (Lipinski definition) is 4. The van der Waals surface area contributed by atoms with E-state index in [4.69, 9.17) is 9.47 Å². The average Bonchev–Trinajstić information content (AvgIpc) is 2.55. The van der Waals surface area contributed by atoms with Gasteiger partial charge in [0.2, 0.25) is 0 Å². The van der Waals surface area contributed by atoms with E-state index in [2.05, 4.69) is 17.6 Å². The van der Waals surface area contributed by atoms with E-state index in [1.54, 1.807) is 0 Å². The molecule has 114 valence electrons. The Morgan fingerprint density at radius 2 is 2.14 bits per heavy atom. The van der Waals surface area contributed by atoms with Gasteiger partial charge >= 0.3 is 0 Å². The number of nitrogens with one attached hydrogen (secondary N) is 2. The number of benzene rings is 1. The van der Waals surface area contributed by atoms with Gasteiger partial charge in [-0.3, -0.25) is 4.79 Å². The second-order valence-electron chi connectivity index (χ2n) is 5.67. The first kappa shape index (κ1) is 14.2. The molecule has 1 aromatic rings. The van der Waals surface area contributed by atoms with E-state index < -0.39 is 0 Å². The van der Waals surface area contributed by atoms with E-state index in [9.17, 15) is 4.79 Å². The van der Waals surface area contributed by atoms with Crippen molar-refractivity contribution < 1.29 is 14.3 Å². The topological polar surface area (TPSA) is 59.6 Å². The summed E-state index contributed by atoms with van der Waals surface area (Å²) in [7, 11) is 0. The molecule has 5 heteroatoms. The molecule has 0 spiro atoms. The van der Waals surface area contributed by atoms with E-state index in [1.165, 1.54) is 0 Å². The first-order chi connectivity index (χ1) is 10.3. The van der Waals surface area contributed by atoms with Crippen LogP contribution < -0.4 is 15.4 Å². The van der Waals surface area contributed by atoms with Gasteiger partial charge in [-0.25, -0.2) is 0 Å². The number of amides is 1. The lowest BCUT2D eigenvalue weighted by Gasteiger charge is -2.29. The SMILES string of the molecule is CC(NC(=O)c1cccc2c1OCCN2)C1CCOCC1. The van der Waals surface area contributed by atoms with E-state index in [0.717, 1.165) is 38.3 Å². The lowest BCUT2D eigenvalue weighted by Crippen LogP contribution is -2.40. The third kappa shape index (κ3) is 3.13. The molecule has 21 heavy (non-hydrogen) atoms. The maximum atomic E-state index is 12.5. The smallest absolute Gasteiger partial charge is 0.255 e. The normalized spacial score (nSPS) is 19.9. The lowest BCUT2D eigenvalue weighted by molar-refractivity contribution is 0.0538. The minimum atomic E-state index is -0.0606. The number of hydrogen-bond donors (Lipinski definition) is 2. The highest BCUT2D eigenvalue weighted by Crippen LogP contribution is 2.31. The fourth-order valence-electron chi connectivity index (χ4n) is 2.97. The maximum absolute atomic E-state index is 12.5. The quantitative estimate of drug-likeness (QED) is 0.894. The van der Waals surface area contributed by atoms with Gasteiger partial charge in [0.05, 0.1) is 11.3 Å². The molecule has 0 saturated carbocycles. The number of para-hydroxylation sites is 1. The standard InChI is InChI=1S/C16H22N2O3/c1-11(12-5-8-20-9-6-12)18-16(19)13-3-2-4-14-15(13)21-10-7-17-14/h2-4,11-12,17H,5-10H2,1H3,(H,18,19). The Kier molecular flexibility index (Phi) is 4.29. The summed E-state index contributed by atoms with van der Waals surface area (Å²) in [5, 5.41) is 6.37. The van der Waals surface area contributed by atoms with Crippen LogP contribution in [0.25, 0.3) is 0 Å². The van der Waals surface area contributed by atoms with Gasteiger partial charge in [0.25, 0.3) is 5.91 Å². The number of carbonyl (C=O) groups excluding carboxylic acids is 1. The maximum Gasteiger partial charge on any atom is 0.255 e. The molecule has 0 radical (unpaired) electrons. The van der Waals surface area contributed by atoms with Crippen LogP contribution in [0, 0.1) is 5.92 Å². The molecule has 3 rings (SSSR count). The van der Waals surface area contributed by atoms with Crippen molar-refractivity contribution in [1.82, 2.24) is 5.32 Å². The van der Waals surface area contributed by atoms with Crippen molar-refractivity contribution in [2.24, 2.45) is 5.92 Å². The van der Waals surface area contributed by atoms with Gasteiger partial charge in [-0.15, -0.1) is 0 Å². The summed E-state index contributed by atoms with van der Waals surface area (Å²) in [6.07, 6.45) is 2.01. The summed E-state index contributed by atoms with van der Waals surface area (Å²) in [6, 6.07) is 5.79. The molecule has 1 unspecified atom stereocenters. The molecule has 0 aromatic heterocycles. The zero-order chi connectivity index (χ0) is 14.7. The molecule has 2 aliphatic heterocycles. The van der Waals surface area contributed by atoms with Crippen molar-refractivity contribution in [1.29, 1.82) is 0 Å². The van der Waals surface area contributed by atoms with Crippen molar-refractivity contribution in [3.05, 3.63) is 23.8 Å². The molecule has 1 amide bonds. The summed E-state index contributed by atoms with van der Waals surface area (Å²) in [5.74, 6) is 1.09. The highest BCUT2D eigenvalue weighted by Gasteiger charge is 2.24. The second-order valence-corrected chi connectivity index (χ2v) is 5.67. The fraction of sp³-hybridized carbons (Fsp3) is 0.562. The van der Waals surface area contributed by atoms with Crippen molar-refractivity contribution >= 4 is 11.6 Å². The summed E-state index contributed by atoms with van der Waals surface area (Å²) in [5.41, 5.74) is 1.51. The Morgan fingerprint density at radius 1 is 1.33 bits per heavy atom. The zero-order valence-electron chi connectivity index (χ0n) is 12.4. The largest absolute Gasteiger partial charge is 0.489 e. The molecule has 1 aromatic carbocycles. The number of rotatable bonds is 3. The lowest BCUT2D eigenvalue weighted by atomic mass is 9.92. The minimum Gasteiger partial charge on any atom is -0.489 e. The molecule has 2 aliphatic rings. The molecule has 2 heterocycles. The van der Waals surface area contributed by atoms with Gasteiger partial charge in [-0.05, 0) is 37.8 Å². The van der Waals surface area contributed by atoms with Crippen LogP contribution in [0.3, 0.4) is 0 Å². The van der Waals surface area contributed by atoms with Gasteiger partial charge in [-0.1, -0.05) is 6.07 Å². The Labute approximate surface area is 125 Å². The van der Waals surface area contributed by atoms with Crippen LogP contribution in [-0.2, 0) is 4.74 Å². The van der Waals surface area contributed by atoms with E-state index in [0.29, 0.717) is 23.8 Å². The van der Waals surface area contributed by atoms with Crippen LogP contribution in [0.2, 0.25) is 0 Å². The predicted molar refractivity (Wildman–Crippen MR) is 80.9 cm³/mol. The predicted octanol–water partition coefficient (Wildman–Crippen LogP) is 2.04. The molecule has 1 saturated heterocycles. The van der Waals surface area contributed by atoms with Crippen molar-refractivity contribution in [2.75, 3.05) is 31.7 Å². The third-order valence-electron chi connectivity index (χ3n) is 4.26. The molecule has 1 atom stereocenters. The number of fused-ring (bicyclic) bond motifs is 1. The number of carbonyl (C=O) groups is 1. The number of anilines is 1.